The standard InChI is InChI=1S/C18H23N3O2S/c1-14(18(23)19-13-17-3-2-12-24-17)20-8-10-21(11-9-20)15-4-6-16(22)7-5-15/h2-7,12,14,22H,8-11,13H2,1H3,(H,19,23). The molecule has 0 spiro atoms. The molecule has 1 aliphatic heterocycles. The number of nitrogens with one attached hydrogen (secondary N) is 1. The number of hydrogen-bond donors (Lipinski definition) is 2. The van der Waals surface area contributed by atoms with Gasteiger partial charge >= 0.3 is 0 Å². The van der Waals surface area contributed by atoms with Crippen LogP contribution in [0.4, 0.5) is 5.69 Å². The second kappa shape index (κ2) is 7.68. The van der Waals surface area contributed by atoms with Crippen LogP contribution in [0.3, 0.4) is 0 Å². The van der Waals surface area contributed by atoms with Gasteiger partial charge in [0.1, 0.15) is 5.75 Å². The number of thiophene rings is 1. The monoisotopic (exact) mass is 345 g/mol. The highest BCUT2D eigenvalue weighted by atomic mass is 32.1. The van der Waals surface area contributed by atoms with Crippen molar-refractivity contribution in [1.82, 2.24) is 10.2 Å². The molecule has 1 aromatic carbocycles. The van der Waals surface area contributed by atoms with E-state index in [-0.39, 0.29) is 17.7 Å². The van der Waals surface area contributed by atoms with E-state index in [9.17, 15) is 9.90 Å². The minimum atomic E-state index is -0.119. The van der Waals surface area contributed by atoms with Crippen molar-refractivity contribution in [3.05, 3.63) is 46.7 Å². The molecule has 1 fully saturated rings. The van der Waals surface area contributed by atoms with Gasteiger partial charge in [0.25, 0.3) is 0 Å². The van der Waals surface area contributed by atoms with Gasteiger partial charge in [-0.05, 0) is 42.6 Å². The van der Waals surface area contributed by atoms with E-state index < -0.39 is 0 Å². The van der Waals surface area contributed by atoms with E-state index in [0.717, 1.165) is 31.9 Å². The smallest absolute Gasteiger partial charge is 0.237 e. The summed E-state index contributed by atoms with van der Waals surface area (Å²) in [6, 6.07) is 11.2. The van der Waals surface area contributed by atoms with Crippen molar-refractivity contribution in [1.29, 1.82) is 0 Å². The summed E-state index contributed by atoms with van der Waals surface area (Å²) in [6.07, 6.45) is 0. The van der Waals surface area contributed by atoms with Gasteiger partial charge in [0.05, 0.1) is 12.6 Å². The number of amides is 1. The van der Waals surface area contributed by atoms with Gasteiger partial charge in [0, 0.05) is 36.7 Å². The van der Waals surface area contributed by atoms with Gasteiger partial charge in [-0.1, -0.05) is 6.07 Å². The number of hydrogen-bond acceptors (Lipinski definition) is 5. The van der Waals surface area contributed by atoms with Crippen LogP contribution in [-0.2, 0) is 11.3 Å². The molecular weight excluding hydrogens is 322 g/mol. The largest absolute Gasteiger partial charge is 0.508 e. The van der Waals surface area contributed by atoms with E-state index in [1.165, 1.54) is 4.88 Å². The molecule has 0 saturated carbocycles. The molecule has 6 heteroatoms. The number of rotatable bonds is 5. The van der Waals surface area contributed by atoms with Gasteiger partial charge in [-0.3, -0.25) is 9.69 Å². The molecule has 1 aliphatic rings. The Morgan fingerprint density at radius 3 is 2.54 bits per heavy atom. The minimum absolute atomic E-state index is 0.0847. The van der Waals surface area contributed by atoms with Crippen molar-refractivity contribution in [3.8, 4) is 5.75 Å². The molecule has 1 saturated heterocycles. The van der Waals surface area contributed by atoms with E-state index in [0.29, 0.717) is 6.54 Å². The zero-order valence-corrected chi connectivity index (χ0v) is 14.6. The maximum Gasteiger partial charge on any atom is 0.237 e. The zero-order chi connectivity index (χ0) is 16.9. The average Bonchev–Trinajstić information content (AvgIpc) is 3.13. The number of aromatic hydroxyl groups is 1. The lowest BCUT2D eigenvalue weighted by Crippen LogP contribution is -2.53. The quantitative estimate of drug-likeness (QED) is 0.873. The number of carbonyl (C=O) groups excluding carboxylic acids is 1. The Morgan fingerprint density at radius 2 is 1.92 bits per heavy atom. The first-order chi connectivity index (χ1) is 11.6. The summed E-state index contributed by atoms with van der Waals surface area (Å²) in [5, 5.41) is 14.4. The van der Waals surface area contributed by atoms with Crippen LogP contribution in [0.15, 0.2) is 41.8 Å². The third-order valence-corrected chi connectivity index (χ3v) is 5.35. The van der Waals surface area contributed by atoms with Gasteiger partial charge in [0.2, 0.25) is 5.91 Å². The molecule has 24 heavy (non-hydrogen) atoms. The number of nitrogens with zero attached hydrogens (tertiary/aromatic N) is 2. The van der Waals surface area contributed by atoms with Gasteiger partial charge in [-0.15, -0.1) is 11.3 Å². The van der Waals surface area contributed by atoms with Gasteiger partial charge in [-0.2, -0.15) is 0 Å². The van der Waals surface area contributed by atoms with E-state index in [4.69, 9.17) is 0 Å². The number of piperazine rings is 1. The molecule has 2 aromatic rings. The highest BCUT2D eigenvalue weighted by molar-refractivity contribution is 7.09. The topological polar surface area (TPSA) is 55.8 Å². The fourth-order valence-electron chi connectivity index (χ4n) is 2.93. The third kappa shape index (κ3) is 4.07. The molecule has 2 N–H and O–H groups in total. The maximum atomic E-state index is 12.3. The van der Waals surface area contributed by atoms with Crippen molar-refractivity contribution < 1.29 is 9.90 Å². The Bertz CT molecular complexity index is 649. The first kappa shape index (κ1) is 16.8. The van der Waals surface area contributed by atoms with E-state index in [1.54, 1.807) is 23.5 Å². The summed E-state index contributed by atoms with van der Waals surface area (Å²) >= 11 is 1.66. The van der Waals surface area contributed by atoms with Crippen LogP contribution < -0.4 is 10.2 Å². The van der Waals surface area contributed by atoms with Gasteiger partial charge < -0.3 is 15.3 Å². The number of phenols is 1. The highest BCUT2D eigenvalue weighted by Crippen LogP contribution is 2.20. The second-order valence-corrected chi connectivity index (χ2v) is 7.04. The van der Waals surface area contributed by atoms with Crippen LogP contribution in [0.2, 0.25) is 0 Å². The van der Waals surface area contributed by atoms with Crippen LogP contribution in [-0.4, -0.2) is 48.1 Å². The molecular formula is C18H23N3O2S. The van der Waals surface area contributed by atoms with Crippen molar-refractivity contribution in [2.24, 2.45) is 0 Å². The lowest BCUT2D eigenvalue weighted by molar-refractivity contribution is -0.126. The van der Waals surface area contributed by atoms with Crippen LogP contribution in [0.1, 0.15) is 11.8 Å². The Morgan fingerprint density at radius 1 is 1.21 bits per heavy atom. The Labute approximate surface area is 146 Å². The maximum absolute atomic E-state index is 12.3. The van der Waals surface area contributed by atoms with Gasteiger partial charge in [0.15, 0.2) is 0 Å². The molecule has 1 unspecified atom stereocenters. The van der Waals surface area contributed by atoms with E-state index in [2.05, 4.69) is 15.1 Å². The number of anilines is 1. The molecule has 5 nitrogen and oxygen atoms in total. The normalized spacial score (nSPS) is 16.8. The van der Waals surface area contributed by atoms with Gasteiger partial charge in [-0.25, -0.2) is 0 Å². The number of carbonyl (C=O) groups is 1. The summed E-state index contributed by atoms with van der Waals surface area (Å²) in [5.74, 6) is 0.370. The summed E-state index contributed by atoms with van der Waals surface area (Å²) < 4.78 is 0. The molecule has 1 atom stereocenters. The summed E-state index contributed by atoms with van der Waals surface area (Å²) in [5.41, 5.74) is 1.11. The lowest BCUT2D eigenvalue weighted by Gasteiger charge is -2.38. The fraction of sp³-hybridized carbons (Fsp3) is 0.389. The number of phenolic OH excluding ortho intramolecular Hbond substituents is 1. The predicted molar refractivity (Wildman–Crippen MR) is 97.5 cm³/mol. The summed E-state index contributed by atoms with van der Waals surface area (Å²) in [4.78, 5) is 18.0. The Kier molecular flexibility index (Phi) is 5.37. The molecule has 0 aliphatic carbocycles. The predicted octanol–water partition coefficient (Wildman–Crippen LogP) is 2.28. The highest BCUT2D eigenvalue weighted by Gasteiger charge is 2.25. The zero-order valence-electron chi connectivity index (χ0n) is 13.8. The fourth-order valence-corrected chi connectivity index (χ4v) is 3.58. The Hall–Kier alpha value is -2.05. The molecule has 1 amide bonds. The van der Waals surface area contributed by atoms with E-state index in [1.807, 2.05) is 36.6 Å². The first-order valence-electron chi connectivity index (χ1n) is 8.21. The lowest BCUT2D eigenvalue weighted by atomic mass is 10.2. The molecule has 128 valence electrons. The van der Waals surface area contributed by atoms with Crippen molar-refractivity contribution in [3.63, 3.8) is 0 Å². The first-order valence-corrected chi connectivity index (χ1v) is 9.09. The van der Waals surface area contributed by atoms with Crippen LogP contribution in [0.25, 0.3) is 0 Å². The molecule has 3 rings (SSSR count). The second-order valence-electron chi connectivity index (χ2n) is 6.01. The van der Waals surface area contributed by atoms with Crippen molar-refractivity contribution in [2.45, 2.75) is 19.5 Å². The molecule has 1 aromatic heterocycles. The minimum Gasteiger partial charge on any atom is -0.508 e. The SMILES string of the molecule is CC(C(=O)NCc1cccs1)N1CCN(c2ccc(O)cc2)CC1. The third-order valence-electron chi connectivity index (χ3n) is 4.47. The Balaban J connectivity index is 1.48. The molecule has 0 bridgehead atoms. The summed E-state index contributed by atoms with van der Waals surface area (Å²) in [6.45, 7) is 6.05. The summed E-state index contributed by atoms with van der Waals surface area (Å²) in [7, 11) is 0. The van der Waals surface area contributed by atoms with Crippen molar-refractivity contribution >= 4 is 22.9 Å². The van der Waals surface area contributed by atoms with Crippen LogP contribution in [0.5, 0.6) is 5.75 Å². The molecule has 0 radical (unpaired) electrons. The van der Waals surface area contributed by atoms with E-state index >= 15 is 0 Å². The van der Waals surface area contributed by atoms with Crippen LogP contribution in [0, 0.1) is 0 Å². The molecule has 2 heterocycles. The number of benzene rings is 1. The average molecular weight is 345 g/mol. The van der Waals surface area contributed by atoms with Crippen LogP contribution >= 0.6 is 11.3 Å². The van der Waals surface area contributed by atoms with Crippen molar-refractivity contribution in [2.75, 3.05) is 31.1 Å².